The van der Waals surface area contributed by atoms with E-state index in [1.54, 1.807) is 14.1 Å². The molecule has 1 saturated heterocycles. The van der Waals surface area contributed by atoms with Crippen molar-refractivity contribution in [2.24, 2.45) is 0 Å². The molecule has 6 heteroatoms. The molecule has 0 aromatic heterocycles. The SMILES string of the molecule is [CH2-]CCCN1CCC(NS(=O)(=O)N(C)C)CC1. The van der Waals surface area contributed by atoms with Crippen LogP contribution < -0.4 is 4.72 Å². The Kier molecular flexibility index (Phi) is 5.85. The quantitative estimate of drug-likeness (QED) is 0.708. The molecule has 1 fully saturated rings. The largest absolute Gasteiger partial charge is 0.343 e. The average molecular weight is 262 g/mol. The summed E-state index contributed by atoms with van der Waals surface area (Å²) in [5.41, 5.74) is 0. The third kappa shape index (κ3) is 4.91. The van der Waals surface area contributed by atoms with Crippen LogP contribution in [0.3, 0.4) is 0 Å². The molecule has 1 heterocycles. The Bertz CT molecular complexity index is 309. The average Bonchev–Trinajstić information content (AvgIpc) is 2.27. The van der Waals surface area contributed by atoms with E-state index in [2.05, 4.69) is 16.5 Å². The van der Waals surface area contributed by atoms with E-state index in [9.17, 15) is 8.42 Å². The van der Waals surface area contributed by atoms with Crippen LogP contribution in [-0.2, 0) is 10.2 Å². The van der Waals surface area contributed by atoms with Gasteiger partial charge in [0, 0.05) is 20.1 Å². The van der Waals surface area contributed by atoms with Crippen LogP contribution in [-0.4, -0.2) is 57.4 Å². The van der Waals surface area contributed by atoms with E-state index in [4.69, 9.17) is 0 Å². The summed E-state index contributed by atoms with van der Waals surface area (Å²) in [6.07, 6.45) is 3.87. The molecule has 17 heavy (non-hydrogen) atoms. The fraction of sp³-hybridized carbons (Fsp3) is 0.909. The highest BCUT2D eigenvalue weighted by atomic mass is 32.2. The summed E-state index contributed by atoms with van der Waals surface area (Å²) in [4.78, 5) is 2.38. The maximum Gasteiger partial charge on any atom is 0.279 e. The minimum atomic E-state index is -3.28. The van der Waals surface area contributed by atoms with Gasteiger partial charge in [-0.1, -0.05) is 6.42 Å². The number of nitrogens with zero attached hydrogens (tertiary/aromatic N) is 2. The molecule has 0 bridgehead atoms. The first-order chi connectivity index (χ1) is 7.95. The van der Waals surface area contributed by atoms with Crippen LogP contribution >= 0.6 is 0 Å². The summed E-state index contributed by atoms with van der Waals surface area (Å²) in [6.45, 7) is 6.85. The molecule has 5 nitrogen and oxygen atoms in total. The second kappa shape index (κ2) is 6.68. The van der Waals surface area contributed by atoms with E-state index in [1.165, 1.54) is 4.31 Å². The van der Waals surface area contributed by atoms with Gasteiger partial charge in [0.2, 0.25) is 0 Å². The third-order valence-electron chi connectivity index (χ3n) is 3.11. The molecule has 1 aliphatic rings. The molecule has 1 N–H and O–H groups in total. The lowest BCUT2D eigenvalue weighted by molar-refractivity contribution is 0.205. The minimum absolute atomic E-state index is 0.0819. The molecule has 0 aliphatic carbocycles. The van der Waals surface area contributed by atoms with E-state index >= 15 is 0 Å². The number of hydrogen-bond donors (Lipinski definition) is 1. The Hall–Kier alpha value is -0.170. The smallest absolute Gasteiger partial charge is 0.279 e. The molecule has 0 radical (unpaired) electrons. The third-order valence-corrected chi connectivity index (χ3v) is 4.70. The first kappa shape index (κ1) is 14.9. The van der Waals surface area contributed by atoms with E-state index < -0.39 is 10.2 Å². The summed E-state index contributed by atoms with van der Waals surface area (Å²) >= 11 is 0. The van der Waals surface area contributed by atoms with Crippen molar-refractivity contribution in [3.8, 4) is 0 Å². The summed E-state index contributed by atoms with van der Waals surface area (Å²) in [5, 5.41) is 0. The molecule has 0 saturated carbocycles. The molecule has 0 aromatic carbocycles. The van der Waals surface area contributed by atoms with Crippen molar-refractivity contribution in [2.75, 3.05) is 33.7 Å². The molecule has 1 aliphatic heterocycles. The predicted molar refractivity (Wildman–Crippen MR) is 69.8 cm³/mol. The van der Waals surface area contributed by atoms with Crippen molar-refractivity contribution in [3.05, 3.63) is 6.92 Å². The molecule has 0 unspecified atom stereocenters. The Balaban J connectivity index is 2.33. The predicted octanol–water partition coefficient (Wildman–Crippen LogP) is 0.461. The maximum absolute atomic E-state index is 11.6. The van der Waals surface area contributed by atoms with E-state index in [0.717, 1.165) is 45.3 Å². The second-order valence-corrected chi connectivity index (χ2v) is 6.64. The van der Waals surface area contributed by atoms with Gasteiger partial charge in [0.15, 0.2) is 0 Å². The lowest BCUT2D eigenvalue weighted by Gasteiger charge is -2.32. The fourth-order valence-corrected chi connectivity index (χ4v) is 2.79. The Morgan fingerprint density at radius 3 is 2.41 bits per heavy atom. The van der Waals surface area contributed by atoms with Crippen LogP contribution in [0.15, 0.2) is 0 Å². The zero-order valence-electron chi connectivity index (χ0n) is 10.9. The van der Waals surface area contributed by atoms with Crippen molar-refractivity contribution >= 4 is 10.2 Å². The van der Waals surface area contributed by atoms with Crippen LogP contribution in [0.5, 0.6) is 0 Å². The van der Waals surface area contributed by atoms with Gasteiger partial charge in [0.25, 0.3) is 10.2 Å². The minimum Gasteiger partial charge on any atom is -0.343 e. The van der Waals surface area contributed by atoms with Crippen LogP contribution in [0.2, 0.25) is 0 Å². The number of nitrogens with one attached hydrogen (secondary N) is 1. The van der Waals surface area contributed by atoms with E-state index in [0.29, 0.717) is 0 Å². The maximum atomic E-state index is 11.6. The second-order valence-electron chi connectivity index (χ2n) is 4.73. The number of unbranched alkanes of at least 4 members (excludes halogenated alkanes) is 1. The Morgan fingerprint density at radius 2 is 1.94 bits per heavy atom. The number of rotatable bonds is 6. The van der Waals surface area contributed by atoms with E-state index in [-0.39, 0.29) is 6.04 Å². The monoisotopic (exact) mass is 262 g/mol. The highest BCUT2D eigenvalue weighted by molar-refractivity contribution is 7.87. The Morgan fingerprint density at radius 1 is 1.35 bits per heavy atom. The molecule has 0 atom stereocenters. The zero-order chi connectivity index (χ0) is 12.9. The summed E-state index contributed by atoms with van der Waals surface area (Å²) < 4.78 is 27.2. The molecule has 0 aromatic rings. The van der Waals surface area contributed by atoms with Crippen LogP contribution in [0, 0.1) is 6.92 Å². The van der Waals surface area contributed by atoms with Crippen molar-refractivity contribution in [2.45, 2.75) is 31.7 Å². The first-order valence-corrected chi connectivity index (χ1v) is 7.61. The number of hydrogen-bond acceptors (Lipinski definition) is 3. The van der Waals surface area contributed by atoms with Crippen molar-refractivity contribution in [1.29, 1.82) is 0 Å². The van der Waals surface area contributed by atoms with Gasteiger partial charge in [0.1, 0.15) is 0 Å². The summed E-state index contributed by atoms with van der Waals surface area (Å²) in [7, 11) is -0.183. The van der Waals surface area contributed by atoms with Crippen molar-refractivity contribution in [1.82, 2.24) is 13.9 Å². The standard InChI is InChI=1S/C11H24N3O2S/c1-4-5-8-14-9-6-11(7-10-14)12-17(15,16)13(2)3/h11-12H,1,4-10H2,2-3H3/q-1. The number of piperidine rings is 1. The molecular formula is C11H24N3O2S-. The van der Waals surface area contributed by atoms with Crippen molar-refractivity contribution < 1.29 is 8.42 Å². The first-order valence-electron chi connectivity index (χ1n) is 6.17. The van der Waals surface area contributed by atoms with Crippen LogP contribution in [0.1, 0.15) is 25.7 Å². The van der Waals surface area contributed by atoms with Gasteiger partial charge >= 0.3 is 0 Å². The Labute approximate surface area is 105 Å². The van der Waals surface area contributed by atoms with Gasteiger partial charge in [0.05, 0.1) is 0 Å². The van der Waals surface area contributed by atoms with Gasteiger partial charge < -0.3 is 11.8 Å². The number of likely N-dealkylation sites (tertiary alicyclic amines) is 1. The van der Waals surface area contributed by atoms with Crippen LogP contribution in [0.4, 0.5) is 0 Å². The van der Waals surface area contributed by atoms with Gasteiger partial charge in [-0.05, 0) is 32.5 Å². The lowest BCUT2D eigenvalue weighted by Crippen LogP contribution is -2.47. The van der Waals surface area contributed by atoms with Crippen LogP contribution in [0.25, 0.3) is 0 Å². The summed E-state index contributed by atoms with van der Waals surface area (Å²) in [5.74, 6) is 0. The normalized spacial score (nSPS) is 20.0. The fourth-order valence-electron chi connectivity index (χ4n) is 1.93. The van der Waals surface area contributed by atoms with Crippen molar-refractivity contribution in [3.63, 3.8) is 0 Å². The molecule has 0 amide bonds. The molecular weight excluding hydrogens is 238 g/mol. The highest BCUT2D eigenvalue weighted by Crippen LogP contribution is 2.12. The van der Waals surface area contributed by atoms with Gasteiger partial charge in [-0.3, -0.25) is 0 Å². The zero-order valence-corrected chi connectivity index (χ0v) is 11.7. The highest BCUT2D eigenvalue weighted by Gasteiger charge is 2.23. The van der Waals surface area contributed by atoms with E-state index in [1.807, 2.05) is 0 Å². The molecule has 102 valence electrons. The van der Waals surface area contributed by atoms with Gasteiger partial charge in [-0.2, -0.15) is 23.9 Å². The molecule has 0 spiro atoms. The van der Waals surface area contributed by atoms with Gasteiger partial charge in [-0.15, -0.1) is 0 Å². The lowest BCUT2D eigenvalue weighted by atomic mass is 10.1. The topological polar surface area (TPSA) is 52.7 Å². The summed E-state index contributed by atoms with van der Waals surface area (Å²) in [6, 6.07) is 0.0819. The van der Waals surface area contributed by atoms with Gasteiger partial charge in [-0.25, -0.2) is 0 Å². The molecule has 1 rings (SSSR count).